The van der Waals surface area contributed by atoms with E-state index in [9.17, 15) is 0 Å². The highest BCUT2D eigenvalue weighted by molar-refractivity contribution is 6.08. The normalized spacial score (nSPS) is 12.1. The van der Waals surface area contributed by atoms with Crippen molar-refractivity contribution in [3.8, 4) is 22.4 Å². The van der Waals surface area contributed by atoms with Crippen LogP contribution in [0.3, 0.4) is 0 Å². The molecule has 172 valence electrons. The second-order valence-electron chi connectivity index (χ2n) is 10.5. The van der Waals surface area contributed by atoms with Gasteiger partial charge >= 0.3 is 0 Å². The molecular formula is C32H28N2O. The molecule has 3 nitrogen and oxygen atoms in total. The molecular weight excluding hydrogens is 428 g/mol. The van der Waals surface area contributed by atoms with Crippen LogP contribution in [-0.4, -0.2) is 9.97 Å². The molecule has 3 heterocycles. The van der Waals surface area contributed by atoms with Gasteiger partial charge in [0.25, 0.3) is 0 Å². The lowest BCUT2D eigenvalue weighted by molar-refractivity contribution is 0.591. The molecule has 6 rings (SSSR count). The SMILES string of the molecule is Cc1ccc2c(n1)oc1c(-c3cc(-c4ccc5cc(C(C)(C)C)ccc5c4)c(C)cn3)cccc12. The molecule has 0 amide bonds. The van der Waals surface area contributed by atoms with E-state index in [1.54, 1.807) is 0 Å². The van der Waals surface area contributed by atoms with Crippen molar-refractivity contribution < 1.29 is 4.42 Å². The molecule has 35 heavy (non-hydrogen) atoms. The van der Waals surface area contributed by atoms with Crippen molar-refractivity contribution in [1.29, 1.82) is 0 Å². The van der Waals surface area contributed by atoms with E-state index in [0.717, 1.165) is 38.9 Å². The lowest BCUT2D eigenvalue weighted by atomic mass is 9.85. The minimum Gasteiger partial charge on any atom is -0.437 e. The predicted octanol–water partition coefficient (Wildman–Crippen LogP) is 8.78. The number of rotatable bonds is 2. The highest BCUT2D eigenvalue weighted by atomic mass is 16.3. The van der Waals surface area contributed by atoms with E-state index in [1.165, 1.54) is 27.5 Å². The Morgan fingerprint density at radius 1 is 0.743 bits per heavy atom. The van der Waals surface area contributed by atoms with Gasteiger partial charge in [-0.3, -0.25) is 4.98 Å². The number of hydrogen-bond acceptors (Lipinski definition) is 3. The molecule has 0 radical (unpaired) electrons. The van der Waals surface area contributed by atoms with E-state index in [-0.39, 0.29) is 5.41 Å². The van der Waals surface area contributed by atoms with E-state index >= 15 is 0 Å². The fourth-order valence-electron chi connectivity index (χ4n) is 4.83. The number of para-hydroxylation sites is 1. The first-order chi connectivity index (χ1) is 16.8. The third kappa shape index (κ3) is 3.68. The van der Waals surface area contributed by atoms with Crippen molar-refractivity contribution in [1.82, 2.24) is 9.97 Å². The Balaban J connectivity index is 1.49. The molecule has 0 aliphatic heterocycles. The Morgan fingerprint density at radius 3 is 2.37 bits per heavy atom. The van der Waals surface area contributed by atoms with Crippen LogP contribution >= 0.6 is 0 Å². The standard InChI is InChI=1S/C32H28N2O/c1-19-18-33-29(27-8-6-7-25-26-14-9-20(2)34-31(26)35-30(25)27)17-28(19)23-11-10-22-16-24(32(3,4)5)13-12-21(22)15-23/h6-18H,1-5H3. The summed E-state index contributed by atoms with van der Waals surface area (Å²) in [5.74, 6) is 0. The molecule has 0 spiro atoms. The first-order valence-electron chi connectivity index (χ1n) is 12.1. The van der Waals surface area contributed by atoms with Crippen LogP contribution in [0.2, 0.25) is 0 Å². The Bertz CT molecular complexity index is 1750. The molecule has 0 atom stereocenters. The van der Waals surface area contributed by atoms with Crippen LogP contribution in [0.1, 0.15) is 37.6 Å². The molecule has 0 aliphatic carbocycles. The first-order valence-corrected chi connectivity index (χ1v) is 12.1. The summed E-state index contributed by atoms with van der Waals surface area (Å²) in [6.45, 7) is 10.9. The van der Waals surface area contributed by atoms with Crippen molar-refractivity contribution >= 4 is 32.8 Å². The van der Waals surface area contributed by atoms with Gasteiger partial charge in [-0.25, -0.2) is 4.98 Å². The van der Waals surface area contributed by atoms with E-state index in [4.69, 9.17) is 9.40 Å². The van der Waals surface area contributed by atoms with Crippen LogP contribution in [0, 0.1) is 13.8 Å². The van der Waals surface area contributed by atoms with Gasteiger partial charge in [-0.05, 0) is 82.6 Å². The molecule has 6 aromatic rings. The Labute approximate surface area is 205 Å². The third-order valence-electron chi connectivity index (χ3n) is 6.90. The molecule has 0 saturated heterocycles. The van der Waals surface area contributed by atoms with E-state index in [0.29, 0.717) is 5.71 Å². The summed E-state index contributed by atoms with van der Waals surface area (Å²) >= 11 is 0. The second-order valence-corrected chi connectivity index (χ2v) is 10.5. The first kappa shape index (κ1) is 21.5. The molecule has 0 N–H and O–H groups in total. The summed E-state index contributed by atoms with van der Waals surface area (Å²) in [4.78, 5) is 9.38. The van der Waals surface area contributed by atoms with E-state index < -0.39 is 0 Å². The zero-order chi connectivity index (χ0) is 24.3. The number of aryl methyl sites for hydroxylation is 2. The summed E-state index contributed by atoms with van der Waals surface area (Å²) < 4.78 is 6.24. The van der Waals surface area contributed by atoms with Crippen LogP contribution in [-0.2, 0) is 5.41 Å². The zero-order valence-corrected chi connectivity index (χ0v) is 20.8. The average molecular weight is 457 g/mol. The third-order valence-corrected chi connectivity index (χ3v) is 6.90. The van der Waals surface area contributed by atoms with Crippen LogP contribution in [0.15, 0.2) is 83.4 Å². The van der Waals surface area contributed by atoms with Crippen LogP contribution in [0.4, 0.5) is 0 Å². The quantitative estimate of drug-likeness (QED) is 0.261. The molecule has 0 aliphatic rings. The maximum Gasteiger partial charge on any atom is 0.227 e. The van der Waals surface area contributed by atoms with E-state index in [2.05, 4.69) is 99.4 Å². The van der Waals surface area contributed by atoms with Crippen LogP contribution in [0.25, 0.3) is 55.2 Å². The van der Waals surface area contributed by atoms with Crippen molar-refractivity contribution in [3.63, 3.8) is 0 Å². The summed E-state index contributed by atoms with van der Waals surface area (Å²) in [5.41, 5.74) is 9.33. The fraction of sp³-hybridized carbons (Fsp3) is 0.188. The van der Waals surface area contributed by atoms with Crippen molar-refractivity contribution in [2.24, 2.45) is 0 Å². The number of pyridine rings is 2. The maximum atomic E-state index is 6.24. The Morgan fingerprint density at radius 2 is 1.54 bits per heavy atom. The molecule has 0 saturated carbocycles. The Kier molecular flexibility index (Phi) is 4.79. The van der Waals surface area contributed by atoms with Gasteiger partial charge in [0.2, 0.25) is 5.71 Å². The molecule has 0 bridgehead atoms. The Hall–Kier alpha value is -3.98. The molecule has 0 unspecified atom stereocenters. The summed E-state index contributed by atoms with van der Waals surface area (Å²) in [6.07, 6.45) is 1.96. The smallest absolute Gasteiger partial charge is 0.227 e. The van der Waals surface area contributed by atoms with Gasteiger partial charge in [-0.15, -0.1) is 0 Å². The topological polar surface area (TPSA) is 38.9 Å². The largest absolute Gasteiger partial charge is 0.437 e. The van der Waals surface area contributed by atoms with E-state index in [1.807, 2.05) is 19.2 Å². The zero-order valence-electron chi connectivity index (χ0n) is 20.8. The summed E-state index contributed by atoms with van der Waals surface area (Å²) in [5, 5.41) is 4.61. The van der Waals surface area contributed by atoms with Crippen molar-refractivity contribution in [3.05, 3.63) is 95.8 Å². The highest BCUT2D eigenvalue weighted by Gasteiger charge is 2.16. The van der Waals surface area contributed by atoms with Gasteiger partial charge in [0.1, 0.15) is 5.58 Å². The van der Waals surface area contributed by atoms with Gasteiger partial charge in [-0.2, -0.15) is 0 Å². The van der Waals surface area contributed by atoms with Crippen LogP contribution in [0.5, 0.6) is 0 Å². The fourth-order valence-corrected chi connectivity index (χ4v) is 4.83. The average Bonchev–Trinajstić information content (AvgIpc) is 3.21. The number of fused-ring (bicyclic) bond motifs is 4. The predicted molar refractivity (Wildman–Crippen MR) is 146 cm³/mol. The molecule has 0 fully saturated rings. The lowest BCUT2D eigenvalue weighted by Crippen LogP contribution is -2.10. The number of aromatic nitrogens is 2. The van der Waals surface area contributed by atoms with Gasteiger partial charge in [0, 0.05) is 28.2 Å². The number of hydrogen-bond donors (Lipinski definition) is 0. The number of nitrogens with zero attached hydrogens (tertiary/aromatic N) is 2. The van der Waals surface area contributed by atoms with Crippen molar-refractivity contribution in [2.75, 3.05) is 0 Å². The van der Waals surface area contributed by atoms with Gasteiger partial charge in [0.05, 0.1) is 5.69 Å². The van der Waals surface area contributed by atoms with Gasteiger partial charge in [0.15, 0.2) is 0 Å². The lowest BCUT2D eigenvalue weighted by Gasteiger charge is -2.19. The summed E-state index contributed by atoms with van der Waals surface area (Å²) in [7, 11) is 0. The number of furan rings is 1. The molecule has 3 aromatic carbocycles. The second kappa shape index (κ2) is 7.78. The van der Waals surface area contributed by atoms with Gasteiger partial charge in [-0.1, -0.05) is 63.2 Å². The van der Waals surface area contributed by atoms with Gasteiger partial charge < -0.3 is 4.42 Å². The van der Waals surface area contributed by atoms with Crippen molar-refractivity contribution in [2.45, 2.75) is 40.0 Å². The number of benzene rings is 3. The highest BCUT2D eigenvalue weighted by Crippen LogP contribution is 2.37. The minimum absolute atomic E-state index is 0.134. The minimum atomic E-state index is 0.134. The molecule has 3 aromatic heterocycles. The maximum absolute atomic E-state index is 6.24. The molecule has 3 heteroatoms. The monoisotopic (exact) mass is 456 g/mol. The van der Waals surface area contributed by atoms with Crippen LogP contribution < -0.4 is 0 Å². The summed E-state index contributed by atoms with van der Waals surface area (Å²) in [6, 6.07) is 26.0.